The molecular formula is C18H18N2O4S. The molecule has 0 aliphatic rings. The Morgan fingerprint density at radius 1 is 1.00 bits per heavy atom. The molecule has 2 N–H and O–H groups in total. The van der Waals surface area contributed by atoms with Crippen molar-refractivity contribution in [1.29, 1.82) is 0 Å². The molecule has 0 fully saturated rings. The number of nitrogens with two attached hydrogens (primary N) is 1. The highest BCUT2D eigenvalue weighted by Gasteiger charge is 2.14. The van der Waals surface area contributed by atoms with E-state index in [1.165, 1.54) is 12.1 Å². The normalized spacial score (nSPS) is 11.6. The molecule has 3 aromatic rings. The van der Waals surface area contributed by atoms with Crippen molar-refractivity contribution >= 4 is 26.8 Å². The molecule has 0 atom stereocenters. The number of hydrogen-bond donors (Lipinski definition) is 1. The number of benzene rings is 2. The minimum Gasteiger partial charge on any atom is -0.491 e. The third kappa shape index (κ3) is 4.26. The summed E-state index contributed by atoms with van der Waals surface area (Å²) in [6, 6.07) is 15.4. The Hall–Kier alpha value is -2.64. The van der Waals surface area contributed by atoms with E-state index in [1.807, 2.05) is 19.1 Å². The summed E-state index contributed by atoms with van der Waals surface area (Å²) in [4.78, 5) is 4.34. The van der Waals surface area contributed by atoms with Gasteiger partial charge in [-0.1, -0.05) is 17.7 Å². The number of pyridine rings is 1. The first-order chi connectivity index (χ1) is 11.9. The predicted molar refractivity (Wildman–Crippen MR) is 96.0 cm³/mol. The van der Waals surface area contributed by atoms with Crippen molar-refractivity contribution in [1.82, 2.24) is 4.98 Å². The van der Waals surface area contributed by atoms with Crippen molar-refractivity contribution in [2.75, 3.05) is 18.9 Å². The molecule has 0 aliphatic heterocycles. The molecule has 3 rings (SSSR count). The summed E-state index contributed by atoms with van der Waals surface area (Å²) < 4.78 is 34.7. The molecule has 1 aromatic heterocycles. The van der Waals surface area contributed by atoms with Gasteiger partial charge in [-0.15, -0.1) is 0 Å². The van der Waals surface area contributed by atoms with E-state index in [4.69, 9.17) is 14.7 Å². The summed E-state index contributed by atoms with van der Waals surface area (Å²) >= 11 is 0. The molecular weight excluding hydrogens is 340 g/mol. The number of ether oxygens (including phenoxy) is 1. The standard InChI is InChI=1S/C18H18N2O4S/c1-13-2-6-16(7-3-13)25(21,22)24-11-10-23-15-5-8-17-14(12-15)4-9-18(19)20-17/h2-9,12H,10-11H2,1H3,(H2,19,20). The molecule has 0 saturated carbocycles. The highest BCUT2D eigenvalue weighted by Crippen LogP contribution is 2.20. The topological polar surface area (TPSA) is 91.5 Å². The zero-order chi connectivity index (χ0) is 17.9. The second-order valence-corrected chi connectivity index (χ2v) is 7.14. The van der Waals surface area contributed by atoms with Crippen molar-refractivity contribution in [2.45, 2.75) is 11.8 Å². The number of hydrogen-bond acceptors (Lipinski definition) is 6. The van der Waals surface area contributed by atoms with Crippen LogP contribution in [0.5, 0.6) is 5.75 Å². The van der Waals surface area contributed by atoms with Crippen LogP contribution in [0.15, 0.2) is 59.5 Å². The predicted octanol–water partition coefficient (Wildman–Crippen LogP) is 2.91. The van der Waals surface area contributed by atoms with Crippen molar-refractivity contribution in [3.8, 4) is 5.75 Å². The summed E-state index contributed by atoms with van der Waals surface area (Å²) in [5.74, 6) is 1.06. The number of nitrogens with zero attached hydrogens (tertiary/aromatic N) is 1. The Labute approximate surface area is 146 Å². The number of fused-ring (bicyclic) bond motifs is 1. The highest BCUT2D eigenvalue weighted by atomic mass is 32.2. The first-order valence-electron chi connectivity index (χ1n) is 7.69. The summed E-state index contributed by atoms with van der Waals surface area (Å²) in [7, 11) is -3.77. The summed E-state index contributed by atoms with van der Waals surface area (Å²) in [6.07, 6.45) is 0. The van der Waals surface area contributed by atoms with Crippen molar-refractivity contribution in [2.24, 2.45) is 0 Å². The summed E-state index contributed by atoms with van der Waals surface area (Å²) in [5.41, 5.74) is 7.39. The van der Waals surface area contributed by atoms with E-state index in [-0.39, 0.29) is 18.1 Å². The van der Waals surface area contributed by atoms with Gasteiger partial charge in [0.25, 0.3) is 10.1 Å². The maximum absolute atomic E-state index is 12.1. The minimum atomic E-state index is -3.77. The second kappa shape index (κ2) is 7.08. The monoisotopic (exact) mass is 358 g/mol. The molecule has 0 aliphatic carbocycles. The highest BCUT2D eigenvalue weighted by molar-refractivity contribution is 7.86. The molecule has 0 amide bonds. The third-order valence-electron chi connectivity index (χ3n) is 3.58. The summed E-state index contributed by atoms with van der Waals surface area (Å²) in [6.45, 7) is 1.92. The molecule has 6 nitrogen and oxygen atoms in total. The van der Waals surface area contributed by atoms with E-state index in [0.717, 1.165) is 16.5 Å². The van der Waals surface area contributed by atoms with Gasteiger partial charge in [-0.05, 0) is 49.4 Å². The smallest absolute Gasteiger partial charge is 0.297 e. The quantitative estimate of drug-likeness (QED) is 0.538. The number of aromatic nitrogens is 1. The number of nitrogen functional groups attached to an aromatic ring is 1. The first-order valence-corrected chi connectivity index (χ1v) is 9.10. The summed E-state index contributed by atoms with van der Waals surface area (Å²) in [5, 5.41) is 0.889. The Balaban J connectivity index is 1.57. The van der Waals surface area contributed by atoms with Crippen LogP contribution >= 0.6 is 0 Å². The van der Waals surface area contributed by atoms with E-state index in [9.17, 15) is 8.42 Å². The van der Waals surface area contributed by atoms with Gasteiger partial charge < -0.3 is 10.5 Å². The zero-order valence-corrected chi connectivity index (χ0v) is 14.5. The van der Waals surface area contributed by atoms with E-state index in [0.29, 0.717) is 11.6 Å². The van der Waals surface area contributed by atoms with Gasteiger partial charge in [-0.2, -0.15) is 8.42 Å². The van der Waals surface area contributed by atoms with Gasteiger partial charge in [-0.3, -0.25) is 4.18 Å². The fourth-order valence-electron chi connectivity index (χ4n) is 2.29. The average Bonchev–Trinajstić information content (AvgIpc) is 2.59. The van der Waals surface area contributed by atoms with Crippen LogP contribution in [0.2, 0.25) is 0 Å². The maximum atomic E-state index is 12.1. The molecule has 0 saturated heterocycles. The van der Waals surface area contributed by atoms with E-state index in [1.54, 1.807) is 30.3 Å². The third-order valence-corrected chi connectivity index (χ3v) is 4.91. The van der Waals surface area contributed by atoms with Gasteiger partial charge in [-0.25, -0.2) is 4.98 Å². The second-order valence-electron chi connectivity index (χ2n) is 5.53. The van der Waals surface area contributed by atoms with Gasteiger partial charge in [0, 0.05) is 5.39 Å². The lowest BCUT2D eigenvalue weighted by Crippen LogP contribution is -2.13. The van der Waals surface area contributed by atoms with Crippen LogP contribution in [0.1, 0.15) is 5.56 Å². The van der Waals surface area contributed by atoms with Crippen LogP contribution in [-0.2, 0) is 14.3 Å². The molecule has 0 bridgehead atoms. The lowest BCUT2D eigenvalue weighted by atomic mass is 10.2. The molecule has 25 heavy (non-hydrogen) atoms. The average molecular weight is 358 g/mol. The fraction of sp³-hybridized carbons (Fsp3) is 0.167. The van der Waals surface area contributed by atoms with E-state index < -0.39 is 10.1 Å². The number of rotatable bonds is 6. The van der Waals surface area contributed by atoms with E-state index >= 15 is 0 Å². The van der Waals surface area contributed by atoms with Crippen molar-refractivity contribution in [3.05, 3.63) is 60.2 Å². The molecule has 0 radical (unpaired) electrons. The SMILES string of the molecule is Cc1ccc(S(=O)(=O)OCCOc2ccc3nc(N)ccc3c2)cc1. The Kier molecular flexibility index (Phi) is 4.87. The van der Waals surface area contributed by atoms with Gasteiger partial charge in [0.15, 0.2) is 0 Å². The van der Waals surface area contributed by atoms with E-state index in [2.05, 4.69) is 4.98 Å². The first kappa shape index (κ1) is 17.2. The van der Waals surface area contributed by atoms with Crippen LogP contribution in [0, 0.1) is 6.92 Å². The molecule has 0 unspecified atom stereocenters. The number of aryl methyl sites for hydroxylation is 1. The van der Waals surface area contributed by atoms with Crippen LogP contribution in [-0.4, -0.2) is 26.6 Å². The van der Waals surface area contributed by atoms with Crippen LogP contribution < -0.4 is 10.5 Å². The molecule has 130 valence electrons. The van der Waals surface area contributed by atoms with Gasteiger partial charge >= 0.3 is 0 Å². The van der Waals surface area contributed by atoms with Crippen molar-refractivity contribution < 1.29 is 17.3 Å². The lowest BCUT2D eigenvalue weighted by molar-refractivity contribution is 0.221. The van der Waals surface area contributed by atoms with Crippen LogP contribution in [0.3, 0.4) is 0 Å². The molecule has 0 spiro atoms. The van der Waals surface area contributed by atoms with Crippen molar-refractivity contribution in [3.63, 3.8) is 0 Å². The Bertz CT molecular complexity index is 986. The Morgan fingerprint density at radius 3 is 2.52 bits per heavy atom. The molecule has 7 heteroatoms. The number of anilines is 1. The lowest BCUT2D eigenvalue weighted by Gasteiger charge is -2.09. The Morgan fingerprint density at radius 2 is 1.76 bits per heavy atom. The van der Waals surface area contributed by atoms with Crippen LogP contribution in [0.25, 0.3) is 10.9 Å². The van der Waals surface area contributed by atoms with Crippen LogP contribution in [0.4, 0.5) is 5.82 Å². The zero-order valence-electron chi connectivity index (χ0n) is 13.7. The van der Waals surface area contributed by atoms with Gasteiger partial charge in [0.05, 0.1) is 10.4 Å². The maximum Gasteiger partial charge on any atom is 0.297 e. The largest absolute Gasteiger partial charge is 0.491 e. The van der Waals surface area contributed by atoms with Gasteiger partial charge in [0.2, 0.25) is 0 Å². The minimum absolute atomic E-state index is 0.0752. The van der Waals surface area contributed by atoms with Gasteiger partial charge in [0.1, 0.15) is 24.8 Å². The molecule has 1 heterocycles. The molecule has 2 aromatic carbocycles. The fourth-order valence-corrected chi connectivity index (χ4v) is 3.18.